The molecule has 3 aromatic carbocycles. The number of benzene rings is 3. The van der Waals surface area contributed by atoms with Crippen LogP contribution in [0.2, 0.25) is 0 Å². The van der Waals surface area contributed by atoms with Gasteiger partial charge in [-0.05, 0) is 30.2 Å². The summed E-state index contributed by atoms with van der Waals surface area (Å²) in [5.74, 6) is -6.62. The fourth-order valence-electron chi connectivity index (χ4n) is 4.46. The van der Waals surface area contributed by atoms with Crippen LogP contribution in [0.3, 0.4) is 0 Å². The van der Waals surface area contributed by atoms with Gasteiger partial charge in [0.05, 0.1) is 23.2 Å². The Bertz CT molecular complexity index is 1390. The molecule has 7 nitrogen and oxygen atoms in total. The first kappa shape index (κ1) is 27.5. The van der Waals surface area contributed by atoms with Gasteiger partial charge in [-0.2, -0.15) is 13.2 Å². The summed E-state index contributed by atoms with van der Waals surface area (Å²) in [5.41, 5.74) is 7.59. The van der Waals surface area contributed by atoms with E-state index in [0.29, 0.717) is 22.5 Å². The summed E-state index contributed by atoms with van der Waals surface area (Å²) in [4.78, 5) is 43.5. The van der Waals surface area contributed by atoms with Crippen LogP contribution >= 0.6 is 0 Å². The number of fused-ring (bicyclic) bond motifs is 1. The molecule has 0 radical (unpaired) electrons. The molecule has 0 saturated carbocycles. The Morgan fingerprint density at radius 2 is 1.62 bits per heavy atom. The first-order valence-corrected chi connectivity index (χ1v) is 12.0. The highest BCUT2D eigenvalue weighted by molar-refractivity contribution is 6.19. The third-order valence-corrected chi connectivity index (χ3v) is 6.29. The second-order valence-electron chi connectivity index (χ2n) is 8.98. The highest BCUT2D eigenvalue weighted by Gasteiger charge is 2.39. The van der Waals surface area contributed by atoms with E-state index in [4.69, 9.17) is 5.73 Å². The van der Waals surface area contributed by atoms with Crippen LogP contribution in [0.5, 0.6) is 0 Å². The van der Waals surface area contributed by atoms with Crippen LogP contribution in [0, 0.1) is 11.7 Å². The molecule has 202 valence electrons. The highest BCUT2D eigenvalue weighted by atomic mass is 19.4. The zero-order valence-electron chi connectivity index (χ0n) is 20.4. The Labute approximate surface area is 221 Å². The molecule has 3 atom stereocenters. The minimum Gasteiger partial charge on any atom is -0.369 e. The Hall–Kier alpha value is -4.54. The fourth-order valence-corrected chi connectivity index (χ4v) is 4.46. The molecule has 39 heavy (non-hydrogen) atoms. The summed E-state index contributed by atoms with van der Waals surface area (Å²) in [5, 5.41) is 5.09. The van der Waals surface area contributed by atoms with Gasteiger partial charge >= 0.3 is 6.18 Å². The van der Waals surface area contributed by atoms with E-state index in [1.165, 1.54) is 12.1 Å². The average molecular weight is 541 g/mol. The molecule has 1 aliphatic heterocycles. The van der Waals surface area contributed by atoms with Crippen LogP contribution in [-0.2, 0) is 14.4 Å². The maximum atomic E-state index is 13.5. The SMILES string of the molecule is NC(=O)[C@@H](c1ccc(F)cc1)[C@@H](CCC(F)(F)F)C(=O)NC1N=C(c2ccccc2)c2ccccc2NC1=O. The van der Waals surface area contributed by atoms with Gasteiger partial charge in [0.25, 0.3) is 5.91 Å². The van der Waals surface area contributed by atoms with Crippen LogP contribution in [-0.4, -0.2) is 35.8 Å². The number of nitrogens with one attached hydrogen (secondary N) is 2. The molecule has 0 fully saturated rings. The van der Waals surface area contributed by atoms with E-state index in [-0.39, 0.29) is 5.56 Å². The minimum absolute atomic E-state index is 0.0671. The maximum absolute atomic E-state index is 13.5. The number of hydrogen-bond donors (Lipinski definition) is 3. The van der Waals surface area contributed by atoms with Crippen molar-refractivity contribution in [3.63, 3.8) is 0 Å². The normalized spacial score (nSPS) is 16.7. The van der Waals surface area contributed by atoms with E-state index in [1.807, 2.05) is 0 Å². The number of halogens is 4. The van der Waals surface area contributed by atoms with Crippen molar-refractivity contribution in [2.45, 2.75) is 31.1 Å². The first-order chi connectivity index (χ1) is 18.5. The van der Waals surface area contributed by atoms with Crippen molar-refractivity contribution in [3.8, 4) is 0 Å². The van der Waals surface area contributed by atoms with Crippen LogP contribution in [0.15, 0.2) is 83.9 Å². The molecule has 0 aromatic heterocycles. The molecule has 0 spiro atoms. The molecule has 1 heterocycles. The number of nitrogens with zero attached hydrogens (tertiary/aromatic N) is 1. The van der Waals surface area contributed by atoms with E-state index < -0.39 is 60.6 Å². The molecule has 1 aliphatic rings. The van der Waals surface area contributed by atoms with Crippen molar-refractivity contribution in [1.29, 1.82) is 0 Å². The van der Waals surface area contributed by atoms with Crippen molar-refractivity contribution < 1.29 is 31.9 Å². The number of benzodiazepines with no additional fused rings is 1. The van der Waals surface area contributed by atoms with E-state index in [2.05, 4.69) is 15.6 Å². The molecule has 1 unspecified atom stereocenters. The maximum Gasteiger partial charge on any atom is 0.389 e. The van der Waals surface area contributed by atoms with Crippen molar-refractivity contribution in [3.05, 3.63) is 101 Å². The topological polar surface area (TPSA) is 114 Å². The number of primary amides is 1. The van der Waals surface area contributed by atoms with E-state index in [1.54, 1.807) is 54.6 Å². The van der Waals surface area contributed by atoms with Gasteiger partial charge in [-0.15, -0.1) is 0 Å². The number of aliphatic imine (C=N–C) groups is 1. The third-order valence-electron chi connectivity index (χ3n) is 6.29. The van der Waals surface area contributed by atoms with Gasteiger partial charge < -0.3 is 16.4 Å². The summed E-state index contributed by atoms with van der Waals surface area (Å²) in [7, 11) is 0. The standard InChI is InChI=1S/C28H24F4N4O3/c29-18-12-10-16(11-13-18)22(24(33)37)20(14-15-28(30,31)32)26(38)36-25-27(39)34-21-9-5-4-8-19(21)23(35-25)17-6-2-1-3-7-17/h1-13,20,22,25H,14-15H2,(H2,33,37)(H,34,39)(H,36,38)/t20-,22+,25?/m1/s1. The third kappa shape index (κ3) is 6.67. The van der Waals surface area contributed by atoms with Crippen LogP contribution in [0.1, 0.15) is 35.4 Å². The van der Waals surface area contributed by atoms with E-state index in [0.717, 1.165) is 12.1 Å². The van der Waals surface area contributed by atoms with Crippen molar-refractivity contribution >= 4 is 29.1 Å². The van der Waals surface area contributed by atoms with Gasteiger partial charge in [0.2, 0.25) is 18.0 Å². The number of nitrogens with two attached hydrogens (primary N) is 1. The lowest BCUT2D eigenvalue weighted by Crippen LogP contribution is -2.47. The van der Waals surface area contributed by atoms with Gasteiger partial charge in [0, 0.05) is 17.5 Å². The predicted octanol–water partition coefficient (Wildman–Crippen LogP) is 4.29. The average Bonchev–Trinajstić information content (AvgIpc) is 3.03. The minimum atomic E-state index is -4.64. The number of para-hydroxylation sites is 1. The Balaban J connectivity index is 1.72. The molecular formula is C28H24F4N4O3. The van der Waals surface area contributed by atoms with Gasteiger partial charge in [-0.1, -0.05) is 60.7 Å². The summed E-state index contributed by atoms with van der Waals surface area (Å²) < 4.78 is 53.0. The number of rotatable bonds is 8. The van der Waals surface area contributed by atoms with E-state index in [9.17, 15) is 31.9 Å². The van der Waals surface area contributed by atoms with Crippen molar-refractivity contribution in [1.82, 2.24) is 5.32 Å². The lowest BCUT2D eigenvalue weighted by molar-refractivity contribution is -0.144. The summed E-state index contributed by atoms with van der Waals surface area (Å²) in [6, 6.07) is 20.1. The molecule has 4 N–H and O–H groups in total. The van der Waals surface area contributed by atoms with Crippen LogP contribution in [0.4, 0.5) is 23.2 Å². The van der Waals surface area contributed by atoms with Gasteiger partial charge in [0.15, 0.2) is 0 Å². The fraction of sp³-hybridized carbons (Fsp3) is 0.214. The van der Waals surface area contributed by atoms with Crippen molar-refractivity contribution in [2.75, 3.05) is 5.32 Å². The number of carbonyl (C=O) groups excluding carboxylic acids is 3. The largest absolute Gasteiger partial charge is 0.389 e. The number of amides is 3. The summed E-state index contributed by atoms with van der Waals surface area (Å²) in [6.45, 7) is 0. The van der Waals surface area contributed by atoms with Crippen LogP contribution in [0.25, 0.3) is 0 Å². The molecular weight excluding hydrogens is 516 g/mol. The number of alkyl halides is 3. The first-order valence-electron chi connectivity index (χ1n) is 12.0. The lowest BCUT2D eigenvalue weighted by Gasteiger charge is -2.26. The van der Waals surface area contributed by atoms with Crippen LogP contribution < -0.4 is 16.4 Å². The number of hydrogen-bond acceptors (Lipinski definition) is 4. The number of carbonyl (C=O) groups is 3. The molecule has 0 bridgehead atoms. The Morgan fingerprint density at radius 1 is 0.974 bits per heavy atom. The van der Waals surface area contributed by atoms with E-state index >= 15 is 0 Å². The zero-order valence-corrected chi connectivity index (χ0v) is 20.4. The summed E-state index contributed by atoms with van der Waals surface area (Å²) in [6.07, 6.45) is -8.36. The molecule has 4 rings (SSSR count). The summed E-state index contributed by atoms with van der Waals surface area (Å²) >= 11 is 0. The van der Waals surface area contributed by atoms with Gasteiger partial charge in [0.1, 0.15) is 5.82 Å². The predicted molar refractivity (Wildman–Crippen MR) is 136 cm³/mol. The highest BCUT2D eigenvalue weighted by Crippen LogP contribution is 2.33. The van der Waals surface area contributed by atoms with Crippen molar-refractivity contribution in [2.24, 2.45) is 16.6 Å². The Morgan fingerprint density at radius 3 is 2.26 bits per heavy atom. The molecule has 3 amide bonds. The molecule has 0 saturated heterocycles. The zero-order chi connectivity index (χ0) is 28.2. The molecule has 0 aliphatic carbocycles. The number of anilines is 1. The quantitative estimate of drug-likeness (QED) is 0.371. The lowest BCUT2D eigenvalue weighted by atomic mass is 9.81. The Kier molecular flexibility index (Phi) is 8.08. The molecule has 3 aromatic rings. The van der Waals surface area contributed by atoms with Gasteiger partial charge in [-0.3, -0.25) is 14.4 Å². The monoisotopic (exact) mass is 540 g/mol. The smallest absolute Gasteiger partial charge is 0.369 e. The second kappa shape index (κ2) is 11.5. The second-order valence-corrected chi connectivity index (χ2v) is 8.98. The molecule has 11 heteroatoms. The van der Waals surface area contributed by atoms with Gasteiger partial charge in [-0.25, -0.2) is 9.38 Å².